The van der Waals surface area contributed by atoms with Crippen LogP contribution < -0.4 is 0 Å². The van der Waals surface area contributed by atoms with E-state index in [1.165, 1.54) is 0 Å². The molecule has 2 heteroatoms. The molecule has 0 unspecified atom stereocenters. The molecule has 1 nitrogen and oxygen atoms in total. The fourth-order valence-electron chi connectivity index (χ4n) is 1.17. The van der Waals surface area contributed by atoms with Crippen molar-refractivity contribution in [2.24, 2.45) is 0 Å². The van der Waals surface area contributed by atoms with Crippen molar-refractivity contribution < 1.29 is 4.74 Å². The van der Waals surface area contributed by atoms with Gasteiger partial charge in [-0.25, -0.2) is 0 Å². The fourth-order valence-corrected chi connectivity index (χ4v) is 1.30. The monoisotopic (exact) mass is 210 g/mol. The fraction of sp³-hybridized carbons (Fsp3) is 0.333. The quantitative estimate of drug-likeness (QED) is 0.682. The van der Waals surface area contributed by atoms with Gasteiger partial charge in [0.1, 0.15) is 5.76 Å². The lowest BCUT2D eigenvalue weighted by atomic mass is 10.2. The largest absolute Gasteiger partial charge is 0.491 e. The van der Waals surface area contributed by atoms with Crippen molar-refractivity contribution in [1.29, 1.82) is 0 Å². The lowest BCUT2D eigenvalue weighted by Gasteiger charge is -2.13. The number of hydrogen-bond donors (Lipinski definition) is 0. The summed E-state index contributed by atoms with van der Waals surface area (Å²) < 4.78 is 5.64. The van der Waals surface area contributed by atoms with Crippen LogP contribution >= 0.6 is 11.6 Å². The summed E-state index contributed by atoms with van der Waals surface area (Å²) in [5.41, 5.74) is 1.06. The summed E-state index contributed by atoms with van der Waals surface area (Å²) >= 11 is 5.80. The van der Waals surface area contributed by atoms with E-state index in [0.29, 0.717) is 0 Å². The summed E-state index contributed by atoms with van der Waals surface area (Å²) in [6.45, 7) is 5.99. The van der Waals surface area contributed by atoms with E-state index < -0.39 is 0 Å². The van der Waals surface area contributed by atoms with Crippen LogP contribution in [0.3, 0.4) is 0 Å². The number of rotatable bonds is 3. The van der Waals surface area contributed by atoms with E-state index in [-0.39, 0.29) is 6.10 Å². The molecular weight excluding hydrogens is 196 g/mol. The molecule has 76 valence electrons. The number of benzene rings is 1. The highest BCUT2D eigenvalue weighted by Gasteiger charge is 2.03. The number of ether oxygens (including phenoxy) is 1. The molecule has 1 rings (SSSR count). The van der Waals surface area contributed by atoms with Crippen molar-refractivity contribution >= 4 is 17.4 Å². The van der Waals surface area contributed by atoms with Gasteiger partial charge in [-0.3, -0.25) is 0 Å². The SMILES string of the molecule is C/C=C(\OC(C)C)c1ccc(Cl)cc1. The van der Waals surface area contributed by atoms with Crippen LogP contribution in [-0.4, -0.2) is 6.10 Å². The molecule has 0 spiro atoms. The van der Waals surface area contributed by atoms with E-state index in [1.807, 2.05) is 51.1 Å². The summed E-state index contributed by atoms with van der Waals surface area (Å²) in [6.07, 6.45) is 2.15. The van der Waals surface area contributed by atoms with E-state index in [4.69, 9.17) is 16.3 Å². The Morgan fingerprint density at radius 2 is 1.86 bits per heavy atom. The molecule has 0 radical (unpaired) electrons. The third kappa shape index (κ3) is 3.08. The summed E-state index contributed by atoms with van der Waals surface area (Å²) in [5, 5.41) is 0.744. The lowest BCUT2D eigenvalue weighted by Crippen LogP contribution is -2.01. The van der Waals surface area contributed by atoms with Crippen LogP contribution in [0, 0.1) is 0 Å². The second kappa shape index (κ2) is 5.06. The van der Waals surface area contributed by atoms with Crippen LogP contribution in [0.25, 0.3) is 5.76 Å². The zero-order chi connectivity index (χ0) is 10.6. The predicted molar refractivity (Wildman–Crippen MR) is 61.3 cm³/mol. The van der Waals surface area contributed by atoms with E-state index in [0.717, 1.165) is 16.3 Å². The third-order valence-corrected chi connectivity index (χ3v) is 2.01. The van der Waals surface area contributed by atoms with Crippen LogP contribution in [0.4, 0.5) is 0 Å². The molecule has 0 saturated heterocycles. The molecule has 0 amide bonds. The Balaban J connectivity index is 2.85. The summed E-state index contributed by atoms with van der Waals surface area (Å²) in [7, 11) is 0. The van der Waals surface area contributed by atoms with Crippen molar-refractivity contribution in [2.45, 2.75) is 26.9 Å². The van der Waals surface area contributed by atoms with Crippen LogP contribution in [0.2, 0.25) is 5.02 Å². The highest BCUT2D eigenvalue weighted by molar-refractivity contribution is 6.30. The first-order valence-electron chi connectivity index (χ1n) is 4.72. The molecular formula is C12H15ClO. The van der Waals surface area contributed by atoms with Gasteiger partial charge in [-0.2, -0.15) is 0 Å². The number of hydrogen-bond acceptors (Lipinski definition) is 1. The molecule has 0 bridgehead atoms. The molecule has 0 saturated carbocycles. The minimum atomic E-state index is 0.192. The van der Waals surface area contributed by atoms with E-state index in [2.05, 4.69) is 0 Å². The normalized spacial score (nSPS) is 11.9. The van der Waals surface area contributed by atoms with Crippen molar-refractivity contribution in [1.82, 2.24) is 0 Å². The van der Waals surface area contributed by atoms with E-state index in [9.17, 15) is 0 Å². The smallest absolute Gasteiger partial charge is 0.122 e. The summed E-state index contributed by atoms with van der Waals surface area (Å²) in [4.78, 5) is 0. The van der Waals surface area contributed by atoms with Crippen LogP contribution in [-0.2, 0) is 4.74 Å². The van der Waals surface area contributed by atoms with E-state index in [1.54, 1.807) is 0 Å². The molecule has 1 aromatic rings. The zero-order valence-corrected chi connectivity index (χ0v) is 9.51. The van der Waals surface area contributed by atoms with Gasteiger partial charge in [-0.05, 0) is 51.1 Å². The highest BCUT2D eigenvalue weighted by atomic mass is 35.5. The Bertz CT molecular complexity index is 312. The summed E-state index contributed by atoms with van der Waals surface area (Å²) in [5.74, 6) is 0.900. The van der Waals surface area contributed by atoms with Gasteiger partial charge in [0, 0.05) is 10.6 Å². The molecule has 1 aromatic carbocycles. The van der Waals surface area contributed by atoms with Gasteiger partial charge in [-0.1, -0.05) is 11.6 Å². The molecule has 0 fully saturated rings. The topological polar surface area (TPSA) is 9.23 Å². The second-order valence-electron chi connectivity index (χ2n) is 3.33. The van der Waals surface area contributed by atoms with Gasteiger partial charge >= 0.3 is 0 Å². The minimum absolute atomic E-state index is 0.192. The maximum absolute atomic E-state index is 5.80. The van der Waals surface area contributed by atoms with E-state index >= 15 is 0 Å². The van der Waals surface area contributed by atoms with Gasteiger partial charge in [0.15, 0.2) is 0 Å². The predicted octanol–water partition coefficient (Wildman–Crippen LogP) is 4.13. The Morgan fingerprint density at radius 1 is 1.29 bits per heavy atom. The first-order chi connectivity index (χ1) is 6.63. The molecule has 0 aromatic heterocycles. The first kappa shape index (κ1) is 11.1. The average Bonchev–Trinajstić information content (AvgIpc) is 2.15. The minimum Gasteiger partial charge on any atom is -0.491 e. The van der Waals surface area contributed by atoms with Gasteiger partial charge < -0.3 is 4.74 Å². The molecule has 0 N–H and O–H groups in total. The third-order valence-electron chi connectivity index (χ3n) is 1.75. The molecule has 0 atom stereocenters. The number of allylic oxidation sites excluding steroid dienone is 1. The Labute approximate surface area is 90.3 Å². The average molecular weight is 211 g/mol. The Kier molecular flexibility index (Phi) is 4.02. The van der Waals surface area contributed by atoms with Crippen LogP contribution in [0.15, 0.2) is 30.3 Å². The van der Waals surface area contributed by atoms with Gasteiger partial charge in [0.25, 0.3) is 0 Å². The van der Waals surface area contributed by atoms with Gasteiger partial charge in [0.2, 0.25) is 0 Å². The Morgan fingerprint density at radius 3 is 2.29 bits per heavy atom. The van der Waals surface area contributed by atoms with Gasteiger partial charge in [-0.15, -0.1) is 0 Å². The highest BCUT2D eigenvalue weighted by Crippen LogP contribution is 2.19. The van der Waals surface area contributed by atoms with Crippen molar-refractivity contribution in [3.63, 3.8) is 0 Å². The lowest BCUT2D eigenvalue weighted by molar-refractivity contribution is 0.204. The maximum Gasteiger partial charge on any atom is 0.122 e. The molecule has 14 heavy (non-hydrogen) atoms. The van der Waals surface area contributed by atoms with Crippen molar-refractivity contribution in [3.05, 3.63) is 40.9 Å². The number of halogens is 1. The maximum atomic E-state index is 5.80. The van der Waals surface area contributed by atoms with Crippen LogP contribution in [0.1, 0.15) is 26.3 Å². The molecule has 0 aliphatic rings. The zero-order valence-electron chi connectivity index (χ0n) is 8.75. The first-order valence-corrected chi connectivity index (χ1v) is 5.10. The summed E-state index contributed by atoms with van der Waals surface area (Å²) in [6, 6.07) is 7.65. The van der Waals surface area contributed by atoms with Gasteiger partial charge in [0.05, 0.1) is 6.10 Å². The van der Waals surface area contributed by atoms with Crippen molar-refractivity contribution in [2.75, 3.05) is 0 Å². The van der Waals surface area contributed by atoms with Crippen molar-refractivity contribution in [3.8, 4) is 0 Å². The standard InChI is InChI=1S/C12H15ClO/c1-4-12(14-9(2)3)10-5-7-11(13)8-6-10/h4-9H,1-3H3/b12-4-. The Hall–Kier alpha value is -0.950. The molecule has 0 aliphatic heterocycles. The van der Waals surface area contributed by atoms with Crippen LogP contribution in [0.5, 0.6) is 0 Å². The second-order valence-corrected chi connectivity index (χ2v) is 3.76. The molecule has 0 aliphatic carbocycles. The molecule has 0 heterocycles.